The fraction of sp³-hybridized carbons (Fsp3) is 0.600. The fourth-order valence-electron chi connectivity index (χ4n) is 3.44. The molecular formula is C15H22N2O2. The highest BCUT2D eigenvalue weighted by molar-refractivity contribution is 5.51. The molecule has 0 aliphatic carbocycles. The highest BCUT2D eigenvalue weighted by Crippen LogP contribution is 2.42. The van der Waals surface area contributed by atoms with Crippen LogP contribution in [0.4, 0.5) is 0 Å². The Labute approximate surface area is 114 Å². The van der Waals surface area contributed by atoms with Gasteiger partial charge in [-0.3, -0.25) is 0 Å². The summed E-state index contributed by atoms with van der Waals surface area (Å²) in [6.45, 7) is 4.17. The highest BCUT2D eigenvalue weighted by atomic mass is 16.5. The van der Waals surface area contributed by atoms with E-state index in [4.69, 9.17) is 9.47 Å². The van der Waals surface area contributed by atoms with Crippen LogP contribution in [0.15, 0.2) is 12.1 Å². The van der Waals surface area contributed by atoms with Crippen molar-refractivity contribution in [1.82, 2.24) is 10.6 Å². The van der Waals surface area contributed by atoms with E-state index in [-0.39, 0.29) is 5.41 Å². The van der Waals surface area contributed by atoms with Crippen molar-refractivity contribution in [2.75, 3.05) is 33.9 Å². The first-order chi connectivity index (χ1) is 9.29. The highest BCUT2D eigenvalue weighted by Gasteiger charge is 2.38. The molecule has 2 heterocycles. The molecule has 0 atom stereocenters. The standard InChI is InChI=1S/C15H22N2O2/c1-18-13-7-11-9-17-10-15(3-5-16-6-4-15)12(11)8-14(13)19-2/h7-8,16-17H,3-6,9-10H2,1-2H3. The predicted octanol–water partition coefficient (Wildman–Crippen LogP) is 1.43. The number of rotatable bonds is 2. The molecule has 0 unspecified atom stereocenters. The Kier molecular flexibility index (Phi) is 3.37. The van der Waals surface area contributed by atoms with Gasteiger partial charge >= 0.3 is 0 Å². The molecule has 4 heteroatoms. The lowest BCUT2D eigenvalue weighted by atomic mass is 9.69. The van der Waals surface area contributed by atoms with Gasteiger partial charge in [-0.2, -0.15) is 0 Å². The van der Waals surface area contributed by atoms with Gasteiger partial charge in [0.25, 0.3) is 0 Å². The van der Waals surface area contributed by atoms with Crippen molar-refractivity contribution in [2.45, 2.75) is 24.8 Å². The lowest BCUT2D eigenvalue weighted by Crippen LogP contribution is -2.49. The van der Waals surface area contributed by atoms with Gasteiger partial charge in [-0.25, -0.2) is 0 Å². The number of fused-ring (bicyclic) bond motifs is 2. The van der Waals surface area contributed by atoms with Crippen LogP contribution in [-0.2, 0) is 12.0 Å². The first-order valence-corrected chi connectivity index (χ1v) is 6.96. The van der Waals surface area contributed by atoms with E-state index >= 15 is 0 Å². The van der Waals surface area contributed by atoms with Crippen LogP contribution in [0, 0.1) is 0 Å². The van der Waals surface area contributed by atoms with E-state index in [0.29, 0.717) is 0 Å². The van der Waals surface area contributed by atoms with E-state index < -0.39 is 0 Å². The number of ether oxygens (including phenoxy) is 2. The summed E-state index contributed by atoms with van der Waals surface area (Å²) < 4.78 is 10.9. The number of benzene rings is 1. The van der Waals surface area contributed by atoms with Gasteiger partial charge in [0.1, 0.15) is 0 Å². The molecule has 104 valence electrons. The Bertz CT molecular complexity index is 467. The molecule has 0 radical (unpaired) electrons. The zero-order valence-electron chi connectivity index (χ0n) is 11.7. The maximum absolute atomic E-state index is 5.48. The van der Waals surface area contributed by atoms with Crippen molar-refractivity contribution in [3.05, 3.63) is 23.3 Å². The Morgan fingerprint density at radius 2 is 1.68 bits per heavy atom. The number of methoxy groups -OCH3 is 2. The second kappa shape index (κ2) is 5.02. The zero-order valence-corrected chi connectivity index (χ0v) is 11.7. The fourth-order valence-corrected chi connectivity index (χ4v) is 3.44. The van der Waals surface area contributed by atoms with E-state index in [1.54, 1.807) is 14.2 Å². The molecule has 4 nitrogen and oxygen atoms in total. The van der Waals surface area contributed by atoms with Gasteiger partial charge in [0.2, 0.25) is 0 Å². The van der Waals surface area contributed by atoms with Crippen LogP contribution < -0.4 is 20.1 Å². The Hall–Kier alpha value is -1.26. The molecule has 0 amide bonds. The van der Waals surface area contributed by atoms with Crippen molar-refractivity contribution in [1.29, 1.82) is 0 Å². The van der Waals surface area contributed by atoms with Crippen LogP contribution >= 0.6 is 0 Å². The topological polar surface area (TPSA) is 42.5 Å². The van der Waals surface area contributed by atoms with Crippen molar-refractivity contribution in [3.8, 4) is 11.5 Å². The molecule has 3 rings (SSSR count). The van der Waals surface area contributed by atoms with Crippen LogP contribution in [-0.4, -0.2) is 33.9 Å². The molecule has 0 bridgehead atoms. The Balaban J connectivity index is 2.08. The Morgan fingerprint density at radius 1 is 1.00 bits per heavy atom. The van der Waals surface area contributed by atoms with Crippen LogP contribution in [0.2, 0.25) is 0 Å². The Morgan fingerprint density at radius 3 is 2.37 bits per heavy atom. The zero-order chi connectivity index (χ0) is 13.3. The van der Waals surface area contributed by atoms with Crippen LogP contribution in [0.1, 0.15) is 24.0 Å². The molecule has 0 saturated carbocycles. The summed E-state index contributed by atoms with van der Waals surface area (Å²) in [5.41, 5.74) is 3.06. The third-order valence-corrected chi connectivity index (χ3v) is 4.52. The summed E-state index contributed by atoms with van der Waals surface area (Å²) in [7, 11) is 3.40. The second-order valence-electron chi connectivity index (χ2n) is 5.50. The number of piperidine rings is 1. The van der Waals surface area contributed by atoms with Gasteiger partial charge in [0.05, 0.1) is 14.2 Å². The first kappa shape index (κ1) is 12.8. The number of hydrogen-bond acceptors (Lipinski definition) is 4. The summed E-state index contributed by atoms with van der Waals surface area (Å²) in [5.74, 6) is 1.68. The molecule has 1 aromatic rings. The molecule has 19 heavy (non-hydrogen) atoms. The molecule has 0 aromatic heterocycles. The van der Waals surface area contributed by atoms with Crippen molar-refractivity contribution >= 4 is 0 Å². The van der Waals surface area contributed by atoms with Gasteiger partial charge in [-0.15, -0.1) is 0 Å². The molecule has 1 fully saturated rings. The maximum atomic E-state index is 5.48. The lowest BCUT2D eigenvalue weighted by Gasteiger charge is -2.43. The first-order valence-electron chi connectivity index (χ1n) is 6.96. The van der Waals surface area contributed by atoms with Crippen molar-refractivity contribution < 1.29 is 9.47 Å². The predicted molar refractivity (Wildman–Crippen MR) is 75.0 cm³/mol. The lowest BCUT2D eigenvalue weighted by molar-refractivity contribution is 0.274. The minimum Gasteiger partial charge on any atom is -0.493 e. The summed E-state index contributed by atoms with van der Waals surface area (Å²) in [4.78, 5) is 0. The van der Waals surface area contributed by atoms with Gasteiger partial charge < -0.3 is 20.1 Å². The monoisotopic (exact) mass is 262 g/mol. The van der Waals surface area contributed by atoms with Crippen molar-refractivity contribution in [3.63, 3.8) is 0 Å². The smallest absolute Gasteiger partial charge is 0.161 e. The SMILES string of the molecule is COc1cc2c(cc1OC)C1(CCNCC1)CNC2. The van der Waals surface area contributed by atoms with Gasteiger partial charge in [-0.1, -0.05) is 0 Å². The number of hydrogen-bond donors (Lipinski definition) is 2. The number of nitrogens with one attached hydrogen (secondary N) is 2. The normalized spacial score (nSPS) is 20.9. The third-order valence-electron chi connectivity index (χ3n) is 4.52. The van der Waals surface area contributed by atoms with E-state index in [9.17, 15) is 0 Å². The molecule has 2 aliphatic rings. The van der Waals surface area contributed by atoms with Gasteiger partial charge in [0.15, 0.2) is 11.5 Å². The molecule has 2 aliphatic heterocycles. The summed E-state index contributed by atoms with van der Waals surface area (Å²) in [6.07, 6.45) is 2.37. The van der Waals surface area contributed by atoms with E-state index in [1.807, 2.05) is 0 Å². The second-order valence-corrected chi connectivity index (χ2v) is 5.50. The van der Waals surface area contributed by atoms with Crippen molar-refractivity contribution in [2.24, 2.45) is 0 Å². The van der Waals surface area contributed by atoms with E-state index in [2.05, 4.69) is 22.8 Å². The van der Waals surface area contributed by atoms with Crippen LogP contribution in [0.25, 0.3) is 0 Å². The van der Waals surface area contributed by atoms with Crippen LogP contribution in [0.3, 0.4) is 0 Å². The summed E-state index contributed by atoms with van der Waals surface area (Å²) in [6, 6.07) is 4.32. The summed E-state index contributed by atoms with van der Waals surface area (Å²) >= 11 is 0. The van der Waals surface area contributed by atoms with Crippen LogP contribution in [0.5, 0.6) is 11.5 Å². The van der Waals surface area contributed by atoms with Gasteiger partial charge in [-0.05, 0) is 49.2 Å². The molecular weight excluding hydrogens is 240 g/mol. The quantitative estimate of drug-likeness (QED) is 0.846. The van der Waals surface area contributed by atoms with E-state index in [1.165, 1.54) is 24.0 Å². The largest absolute Gasteiger partial charge is 0.493 e. The molecule has 1 spiro atoms. The molecule has 1 aromatic carbocycles. The minimum absolute atomic E-state index is 0.262. The molecule has 1 saturated heterocycles. The summed E-state index contributed by atoms with van der Waals surface area (Å²) in [5, 5.41) is 7.02. The van der Waals surface area contributed by atoms with Gasteiger partial charge in [0, 0.05) is 18.5 Å². The minimum atomic E-state index is 0.262. The third kappa shape index (κ3) is 2.09. The average molecular weight is 262 g/mol. The van der Waals surface area contributed by atoms with E-state index in [0.717, 1.165) is 37.7 Å². The maximum Gasteiger partial charge on any atom is 0.161 e. The molecule has 2 N–H and O–H groups in total. The average Bonchev–Trinajstić information content (AvgIpc) is 2.47.